The van der Waals surface area contributed by atoms with Gasteiger partial charge in [0.15, 0.2) is 0 Å². The zero-order valence-corrected chi connectivity index (χ0v) is 32.3. The highest BCUT2D eigenvalue weighted by molar-refractivity contribution is 8.03. The fourth-order valence-electron chi connectivity index (χ4n) is 6.77. The molecule has 300 valence electrons. The van der Waals surface area contributed by atoms with E-state index < -0.39 is 72.2 Å². The quantitative estimate of drug-likeness (QED) is 0.130. The summed E-state index contributed by atoms with van der Waals surface area (Å²) < 4.78 is 0. The number of thioether (sulfide) groups is 1. The number of benzene rings is 4. The molecule has 0 aliphatic carbocycles. The summed E-state index contributed by atoms with van der Waals surface area (Å²) in [6.07, 6.45) is 0.253. The second-order valence-corrected chi connectivity index (χ2v) is 15.5. The van der Waals surface area contributed by atoms with Crippen molar-refractivity contribution in [1.29, 1.82) is 0 Å². The number of amides is 5. The molecule has 13 nitrogen and oxygen atoms in total. The van der Waals surface area contributed by atoms with Crippen LogP contribution in [-0.2, 0) is 48.0 Å². The normalized spacial score (nSPS) is 23.4. The molecule has 0 fully saturated rings. The van der Waals surface area contributed by atoms with Gasteiger partial charge in [0.05, 0.1) is 6.42 Å². The summed E-state index contributed by atoms with van der Waals surface area (Å²) in [6, 6.07) is 27.2. The van der Waals surface area contributed by atoms with E-state index in [2.05, 4.69) is 26.6 Å². The maximum absolute atomic E-state index is 14.4. The molecule has 4 aromatic carbocycles. The number of aliphatic hydroxyl groups excluding tert-OH is 1. The van der Waals surface area contributed by atoms with E-state index in [0.717, 1.165) is 11.1 Å². The molecule has 1 unspecified atom stereocenters. The zero-order chi connectivity index (χ0) is 41.0. The zero-order valence-electron chi connectivity index (χ0n) is 31.5. The van der Waals surface area contributed by atoms with Crippen LogP contribution in [-0.4, -0.2) is 81.2 Å². The number of hydrogen-bond acceptors (Lipinski definition) is 8. The number of hydrogen-bond donors (Lipinski definition) is 7. The summed E-state index contributed by atoms with van der Waals surface area (Å²) in [4.78, 5) is 81.2. The lowest BCUT2D eigenvalue weighted by molar-refractivity contribution is -0.142. The molecule has 3 aliphatic rings. The first-order chi connectivity index (χ1) is 28.0. The first-order valence-corrected chi connectivity index (χ1v) is 19.9. The summed E-state index contributed by atoms with van der Waals surface area (Å²) in [6.45, 7) is 0. The molecule has 0 saturated heterocycles. The van der Waals surface area contributed by atoms with Crippen molar-refractivity contribution in [2.24, 2.45) is 0 Å². The Morgan fingerprint density at radius 1 is 0.621 bits per heavy atom. The SMILES string of the molecule is O=C1C[C@@H](O)C(=O)Nc2ccc(cc2)C[C@H](C(=O)O)NC(=O)[C@H](Cc2ccccc2)NC(=O)[C@H](Cc2ccc(-c3ccccc3)cc2)NC(=O)[C@@H](CC2CC=CS2)N1. The van der Waals surface area contributed by atoms with Gasteiger partial charge in [-0.25, -0.2) is 4.79 Å². The van der Waals surface area contributed by atoms with Crippen molar-refractivity contribution in [1.82, 2.24) is 21.3 Å². The second-order valence-electron chi connectivity index (χ2n) is 14.3. The smallest absolute Gasteiger partial charge is 0.326 e. The van der Waals surface area contributed by atoms with Gasteiger partial charge in [-0.05, 0) is 58.2 Å². The topological polar surface area (TPSA) is 203 Å². The molecule has 58 heavy (non-hydrogen) atoms. The van der Waals surface area contributed by atoms with Gasteiger partial charge in [0.1, 0.15) is 30.3 Å². The number of carboxylic acid groups (broad SMARTS) is 1. The molecule has 6 atom stereocenters. The first kappa shape index (κ1) is 41.4. The van der Waals surface area contributed by atoms with Crippen molar-refractivity contribution in [3.63, 3.8) is 0 Å². The monoisotopic (exact) mass is 803 g/mol. The van der Waals surface area contributed by atoms with Crippen LogP contribution in [0.1, 0.15) is 36.0 Å². The van der Waals surface area contributed by atoms with Crippen molar-refractivity contribution in [2.45, 2.75) is 74.0 Å². The Kier molecular flexibility index (Phi) is 14.1. The van der Waals surface area contributed by atoms with Crippen molar-refractivity contribution >= 4 is 53.0 Å². The van der Waals surface area contributed by atoms with Gasteiger partial charge in [0.2, 0.25) is 23.6 Å². The Bertz CT molecular complexity index is 2110. The number of anilines is 1. The van der Waals surface area contributed by atoms with Gasteiger partial charge in [-0.15, -0.1) is 11.8 Å². The van der Waals surface area contributed by atoms with Crippen LogP contribution in [0.25, 0.3) is 11.1 Å². The van der Waals surface area contributed by atoms with E-state index in [9.17, 15) is 39.0 Å². The molecule has 4 aromatic rings. The summed E-state index contributed by atoms with van der Waals surface area (Å²) >= 11 is 1.50. The standard InChI is InChI=1S/C44H45N5O8S/c50-38-26-39(51)46-36(25-33-12-7-21-58-33)42(54)48-35(23-28-13-17-31(18-14-28)30-10-5-2-6-11-30)40(52)47-34(22-27-8-3-1-4-9-27)41(53)49-37(44(56)57)24-29-15-19-32(20-16-29)45-43(38)55/h1-11,13-21,33-38,50H,12,22-26H2,(H,45,55)(H,46,51)(H,47,52)(H,48,54)(H,49,53)(H,56,57)/t33?,34-,35-,36+,37+,38+/m0/s1. The average molecular weight is 804 g/mol. The van der Waals surface area contributed by atoms with Gasteiger partial charge >= 0.3 is 5.97 Å². The van der Waals surface area contributed by atoms with Crippen LogP contribution in [0.3, 0.4) is 0 Å². The largest absolute Gasteiger partial charge is 0.480 e. The highest BCUT2D eigenvalue weighted by Gasteiger charge is 2.34. The second kappa shape index (κ2) is 19.7. The molecule has 3 aliphatic heterocycles. The Hall–Kier alpha value is -6.25. The number of rotatable bonds is 8. The third-order valence-electron chi connectivity index (χ3n) is 9.92. The minimum Gasteiger partial charge on any atom is -0.480 e. The van der Waals surface area contributed by atoms with Crippen LogP contribution in [0.4, 0.5) is 5.69 Å². The number of nitrogens with one attached hydrogen (secondary N) is 5. The average Bonchev–Trinajstić information content (AvgIpc) is 3.74. The van der Waals surface area contributed by atoms with Gasteiger partial charge < -0.3 is 36.8 Å². The molecule has 0 radical (unpaired) electrons. The predicted octanol–water partition coefficient (Wildman–Crippen LogP) is 3.52. The van der Waals surface area contributed by atoms with Crippen LogP contribution in [0.5, 0.6) is 0 Å². The van der Waals surface area contributed by atoms with Crippen molar-refractivity contribution in [3.05, 3.63) is 137 Å². The summed E-state index contributed by atoms with van der Waals surface area (Å²) in [5, 5.41) is 36.1. The van der Waals surface area contributed by atoms with Crippen LogP contribution in [0.2, 0.25) is 0 Å². The molecule has 0 saturated carbocycles. The van der Waals surface area contributed by atoms with Gasteiger partial charge in [-0.3, -0.25) is 24.0 Å². The summed E-state index contributed by atoms with van der Waals surface area (Å²) in [5.74, 6) is -5.06. The lowest BCUT2D eigenvalue weighted by Crippen LogP contribution is -2.59. The summed E-state index contributed by atoms with van der Waals surface area (Å²) in [5.41, 5.74) is 4.12. The van der Waals surface area contributed by atoms with E-state index in [1.807, 2.05) is 66.1 Å². The van der Waals surface area contributed by atoms with Gasteiger partial charge in [0.25, 0.3) is 5.91 Å². The highest BCUT2D eigenvalue weighted by Crippen LogP contribution is 2.28. The minimum absolute atomic E-state index is 0.000815. The van der Waals surface area contributed by atoms with Crippen LogP contribution in [0.15, 0.2) is 121 Å². The maximum atomic E-state index is 14.4. The molecule has 3 heterocycles. The van der Waals surface area contributed by atoms with E-state index >= 15 is 0 Å². The Morgan fingerprint density at radius 3 is 1.79 bits per heavy atom. The van der Waals surface area contributed by atoms with Gasteiger partial charge in [-0.2, -0.15) is 0 Å². The maximum Gasteiger partial charge on any atom is 0.326 e. The third kappa shape index (κ3) is 11.6. The van der Waals surface area contributed by atoms with Crippen LogP contribution < -0.4 is 26.6 Å². The van der Waals surface area contributed by atoms with Crippen molar-refractivity contribution in [2.75, 3.05) is 5.32 Å². The lowest BCUT2D eigenvalue weighted by atomic mass is 9.99. The fraction of sp³-hybridized carbons (Fsp3) is 0.273. The Morgan fingerprint density at radius 2 is 1.19 bits per heavy atom. The number of aliphatic hydroxyl groups is 1. The lowest BCUT2D eigenvalue weighted by Gasteiger charge is -2.27. The Balaban J connectivity index is 1.34. The van der Waals surface area contributed by atoms with E-state index in [1.165, 1.54) is 23.9 Å². The van der Waals surface area contributed by atoms with Crippen molar-refractivity contribution < 1.29 is 39.0 Å². The van der Waals surface area contributed by atoms with E-state index in [0.29, 0.717) is 23.1 Å². The number of carboxylic acids is 1. The summed E-state index contributed by atoms with van der Waals surface area (Å²) in [7, 11) is 0. The molecular formula is C44H45N5O8S. The number of carbonyl (C=O) groups is 6. The minimum atomic E-state index is -1.76. The van der Waals surface area contributed by atoms with Crippen LogP contribution >= 0.6 is 11.8 Å². The van der Waals surface area contributed by atoms with E-state index in [4.69, 9.17) is 0 Å². The molecule has 0 spiro atoms. The number of allylic oxidation sites excluding steroid dienone is 1. The number of aliphatic carboxylic acids is 1. The number of carbonyl (C=O) groups excluding carboxylic acids is 5. The molecule has 14 heteroatoms. The molecule has 0 aromatic heterocycles. The van der Waals surface area contributed by atoms with Gasteiger partial charge in [0, 0.05) is 30.2 Å². The Labute approximate surface area is 340 Å². The molecule has 5 amide bonds. The third-order valence-corrected chi connectivity index (χ3v) is 11.0. The van der Waals surface area contributed by atoms with E-state index in [1.54, 1.807) is 42.5 Å². The predicted molar refractivity (Wildman–Crippen MR) is 220 cm³/mol. The highest BCUT2D eigenvalue weighted by atomic mass is 32.2. The first-order valence-electron chi connectivity index (χ1n) is 19.0. The number of fused-ring (bicyclic) bond motifs is 18. The van der Waals surface area contributed by atoms with Crippen molar-refractivity contribution in [3.8, 4) is 11.1 Å². The van der Waals surface area contributed by atoms with E-state index in [-0.39, 0.29) is 36.6 Å². The van der Waals surface area contributed by atoms with Crippen LogP contribution in [0, 0.1) is 0 Å². The van der Waals surface area contributed by atoms with Gasteiger partial charge in [-0.1, -0.05) is 103 Å². The molecule has 7 rings (SSSR count). The fourth-order valence-corrected chi connectivity index (χ4v) is 7.74. The molecule has 2 bridgehead atoms. The molecule has 7 N–H and O–H groups in total. The molecular weight excluding hydrogens is 759 g/mol.